The Hall–Kier alpha value is -1.68. The van der Waals surface area contributed by atoms with Gasteiger partial charge in [0.2, 0.25) is 5.91 Å². The fourth-order valence-electron chi connectivity index (χ4n) is 1.88. The summed E-state index contributed by atoms with van der Waals surface area (Å²) < 4.78 is 0. The number of carbonyl (C=O) groups excluding carboxylic acids is 1. The first kappa shape index (κ1) is 9.54. The summed E-state index contributed by atoms with van der Waals surface area (Å²) in [5.74, 6) is 0.0765. The summed E-state index contributed by atoms with van der Waals surface area (Å²) in [6, 6.07) is 6.06. The lowest BCUT2D eigenvalue weighted by Gasteiger charge is -2.01. The number of thiazole rings is 1. The molecule has 0 radical (unpaired) electrons. The normalized spacial score (nSPS) is 13.7. The van der Waals surface area contributed by atoms with Gasteiger partial charge >= 0.3 is 0 Å². The van der Waals surface area contributed by atoms with E-state index in [-0.39, 0.29) is 5.91 Å². The van der Waals surface area contributed by atoms with Crippen LogP contribution in [0.5, 0.6) is 0 Å². The molecule has 0 atom stereocenters. The van der Waals surface area contributed by atoms with Crippen LogP contribution < -0.4 is 5.32 Å². The molecule has 2 heterocycles. The smallest absolute Gasteiger partial charge is 0.228 e. The topological polar surface area (TPSA) is 42.0 Å². The molecule has 16 heavy (non-hydrogen) atoms. The van der Waals surface area contributed by atoms with Crippen LogP contribution in [0.1, 0.15) is 10.6 Å². The minimum Gasteiger partial charge on any atom is -0.326 e. The average Bonchev–Trinajstić information content (AvgIpc) is 2.81. The maximum atomic E-state index is 11.2. The molecule has 80 valence electrons. The highest BCUT2D eigenvalue weighted by Gasteiger charge is 2.17. The lowest BCUT2D eigenvalue weighted by molar-refractivity contribution is -0.115. The molecule has 0 fully saturated rings. The largest absolute Gasteiger partial charge is 0.326 e. The molecule has 0 unspecified atom stereocenters. The third kappa shape index (κ3) is 1.51. The van der Waals surface area contributed by atoms with Crippen molar-refractivity contribution in [2.45, 2.75) is 13.3 Å². The van der Waals surface area contributed by atoms with Gasteiger partial charge in [-0.2, -0.15) is 0 Å². The van der Waals surface area contributed by atoms with Crippen molar-refractivity contribution in [1.29, 1.82) is 0 Å². The second-order valence-electron chi connectivity index (χ2n) is 3.84. The molecule has 1 amide bonds. The second-order valence-corrected chi connectivity index (χ2v) is 5.08. The van der Waals surface area contributed by atoms with Gasteiger partial charge in [0.25, 0.3) is 0 Å². The van der Waals surface area contributed by atoms with Crippen LogP contribution in [0.4, 0.5) is 5.69 Å². The molecule has 0 saturated heterocycles. The number of hydrogen-bond acceptors (Lipinski definition) is 3. The number of nitrogens with zero attached hydrogens (tertiary/aromatic N) is 1. The van der Waals surface area contributed by atoms with Crippen LogP contribution >= 0.6 is 11.3 Å². The minimum atomic E-state index is 0.0765. The molecular weight excluding hydrogens is 220 g/mol. The number of hydrogen-bond donors (Lipinski definition) is 1. The van der Waals surface area contributed by atoms with E-state index in [0.29, 0.717) is 6.42 Å². The minimum absolute atomic E-state index is 0.0765. The van der Waals surface area contributed by atoms with Crippen LogP contribution in [0.25, 0.3) is 10.4 Å². The molecular formula is C12H10N2OS. The van der Waals surface area contributed by atoms with Crippen molar-refractivity contribution >= 4 is 22.9 Å². The number of nitrogens with one attached hydrogen (secondary N) is 1. The van der Waals surface area contributed by atoms with Crippen molar-refractivity contribution in [3.63, 3.8) is 0 Å². The molecule has 1 aliphatic rings. The third-order valence-corrected chi connectivity index (χ3v) is 3.60. The monoisotopic (exact) mass is 230 g/mol. The Bertz CT molecular complexity index is 574. The van der Waals surface area contributed by atoms with E-state index in [1.165, 1.54) is 0 Å². The first-order valence-electron chi connectivity index (χ1n) is 5.08. The predicted molar refractivity (Wildman–Crippen MR) is 64.6 cm³/mol. The molecule has 1 aromatic heterocycles. The number of carbonyl (C=O) groups is 1. The average molecular weight is 230 g/mol. The summed E-state index contributed by atoms with van der Waals surface area (Å²) in [5.41, 5.74) is 3.16. The van der Waals surface area contributed by atoms with Gasteiger partial charge < -0.3 is 5.32 Å². The zero-order chi connectivity index (χ0) is 11.1. The summed E-state index contributed by atoms with van der Waals surface area (Å²) in [4.78, 5) is 16.6. The highest BCUT2D eigenvalue weighted by molar-refractivity contribution is 7.15. The Morgan fingerprint density at radius 1 is 1.44 bits per heavy atom. The summed E-state index contributed by atoms with van der Waals surface area (Å²) in [6.07, 6.45) is 2.37. The molecule has 0 saturated carbocycles. The van der Waals surface area contributed by atoms with Crippen LogP contribution in [0.2, 0.25) is 0 Å². The van der Waals surface area contributed by atoms with Gasteiger partial charge in [-0.25, -0.2) is 4.98 Å². The molecule has 1 aliphatic heterocycles. The molecule has 3 nitrogen and oxygen atoms in total. The number of anilines is 1. The molecule has 4 heteroatoms. The fourth-order valence-corrected chi connectivity index (χ4v) is 2.65. The van der Waals surface area contributed by atoms with Gasteiger partial charge in [-0.05, 0) is 30.2 Å². The first-order chi connectivity index (χ1) is 7.72. The Morgan fingerprint density at radius 2 is 2.31 bits per heavy atom. The molecule has 0 spiro atoms. The maximum absolute atomic E-state index is 11.2. The van der Waals surface area contributed by atoms with Crippen molar-refractivity contribution in [3.05, 3.63) is 35.0 Å². The fraction of sp³-hybridized carbons (Fsp3) is 0.167. The molecule has 2 aromatic rings. The van der Waals surface area contributed by atoms with Crippen LogP contribution in [-0.2, 0) is 11.2 Å². The van der Waals surface area contributed by atoms with Crippen molar-refractivity contribution in [2.75, 3.05) is 5.32 Å². The quantitative estimate of drug-likeness (QED) is 0.818. The van der Waals surface area contributed by atoms with Crippen molar-refractivity contribution in [2.24, 2.45) is 0 Å². The van der Waals surface area contributed by atoms with Crippen molar-refractivity contribution in [1.82, 2.24) is 4.98 Å². The van der Waals surface area contributed by atoms with E-state index < -0.39 is 0 Å². The van der Waals surface area contributed by atoms with Gasteiger partial charge in [-0.15, -0.1) is 11.3 Å². The first-order valence-corrected chi connectivity index (χ1v) is 5.89. The van der Waals surface area contributed by atoms with Gasteiger partial charge in [0.15, 0.2) is 0 Å². The highest BCUT2D eigenvalue weighted by atomic mass is 32.1. The number of rotatable bonds is 1. The predicted octanol–water partition coefficient (Wildman–Crippen LogP) is 2.61. The van der Waals surface area contributed by atoms with Gasteiger partial charge in [-0.3, -0.25) is 4.79 Å². The molecule has 0 aliphatic carbocycles. The number of aryl methyl sites for hydroxylation is 1. The Kier molecular flexibility index (Phi) is 2.04. The van der Waals surface area contributed by atoms with Crippen LogP contribution in [0.15, 0.2) is 24.4 Å². The highest BCUT2D eigenvalue weighted by Crippen LogP contribution is 2.31. The zero-order valence-electron chi connectivity index (χ0n) is 8.78. The van der Waals surface area contributed by atoms with E-state index >= 15 is 0 Å². The third-order valence-electron chi connectivity index (χ3n) is 2.64. The standard InChI is InChI=1S/C12H10N2OS/c1-7-13-6-11(16-7)8-2-3-10-9(4-8)5-12(15)14-10/h2-4,6H,5H2,1H3,(H,14,15). The van der Waals surface area contributed by atoms with E-state index in [2.05, 4.69) is 16.4 Å². The number of aromatic nitrogens is 1. The van der Waals surface area contributed by atoms with Gasteiger partial charge in [0.05, 0.1) is 16.3 Å². The summed E-state index contributed by atoms with van der Waals surface area (Å²) in [5, 5.41) is 3.89. The Labute approximate surface area is 97.1 Å². The van der Waals surface area contributed by atoms with E-state index in [0.717, 1.165) is 26.7 Å². The van der Waals surface area contributed by atoms with Gasteiger partial charge in [0.1, 0.15) is 0 Å². The van der Waals surface area contributed by atoms with Gasteiger partial charge in [-0.1, -0.05) is 6.07 Å². The van der Waals surface area contributed by atoms with E-state index in [1.54, 1.807) is 11.3 Å². The van der Waals surface area contributed by atoms with Crippen molar-refractivity contribution < 1.29 is 4.79 Å². The number of benzene rings is 1. The summed E-state index contributed by atoms with van der Waals surface area (Å²) in [7, 11) is 0. The number of fused-ring (bicyclic) bond motifs is 1. The van der Waals surface area contributed by atoms with E-state index in [4.69, 9.17) is 0 Å². The van der Waals surface area contributed by atoms with Crippen LogP contribution in [0.3, 0.4) is 0 Å². The SMILES string of the molecule is Cc1ncc(-c2ccc3c(c2)CC(=O)N3)s1. The summed E-state index contributed by atoms with van der Waals surface area (Å²) in [6.45, 7) is 1.99. The molecule has 3 rings (SSSR count). The zero-order valence-corrected chi connectivity index (χ0v) is 9.60. The van der Waals surface area contributed by atoms with E-state index in [1.807, 2.05) is 25.3 Å². The lowest BCUT2D eigenvalue weighted by Crippen LogP contribution is -2.03. The number of amides is 1. The van der Waals surface area contributed by atoms with Gasteiger partial charge in [0, 0.05) is 11.9 Å². The van der Waals surface area contributed by atoms with Crippen LogP contribution in [0, 0.1) is 6.92 Å². The molecule has 0 bridgehead atoms. The second kappa shape index (κ2) is 3.42. The van der Waals surface area contributed by atoms with E-state index in [9.17, 15) is 4.79 Å². The van der Waals surface area contributed by atoms with Crippen molar-refractivity contribution in [3.8, 4) is 10.4 Å². The van der Waals surface area contributed by atoms with Crippen LogP contribution in [-0.4, -0.2) is 10.9 Å². The summed E-state index contributed by atoms with van der Waals surface area (Å²) >= 11 is 1.67. The Morgan fingerprint density at radius 3 is 3.06 bits per heavy atom. The molecule has 1 N–H and O–H groups in total. The lowest BCUT2D eigenvalue weighted by atomic mass is 10.1. The Balaban J connectivity index is 2.05. The molecule has 1 aromatic carbocycles. The maximum Gasteiger partial charge on any atom is 0.228 e.